The lowest BCUT2D eigenvalue weighted by Crippen LogP contribution is -2.44. The molecule has 9 nitrogen and oxygen atoms in total. The lowest BCUT2D eigenvalue weighted by molar-refractivity contribution is -0.870. The fourth-order valence-corrected chi connectivity index (χ4v) is 6.62. The summed E-state index contributed by atoms with van der Waals surface area (Å²) in [4.78, 5) is 36.9. The fraction of sp³-hybridized carbons (Fsp3) is 0.617. The molecule has 0 amide bonds. The van der Waals surface area contributed by atoms with Gasteiger partial charge in [-0.1, -0.05) is 200 Å². The largest absolute Gasteiger partial charge is 0.545 e. The average Bonchev–Trinajstić information content (AvgIpc) is 3.31. The van der Waals surface area contributed by atoms with Crippen LogP contribution in [0.2, 0.25) is 0 Å². The Morgan fingerprint density at radius 2 is 0.826 bits per heavy atom. The van der Waals surface area contributed by atoms with Gasteiger partial charge >= 0.3 is 11.9 Å². The maximum Gasteiger partial charge on any atom is 0.306 e. The van der Waals surface area contributed by atoms with Crippen molar-refractivity contribution in [3.05, 3.63) is 122 Å². The number of rotatable bonds is 47. The van der Waals surface area contributed by atoms with Gasteiger partial charge in [0.2, 0.25) is 0 Å². The van der Waals surface area contributed by atoms with Gasteiger partial charge in [-0.15, -0.1) is 0 Å². The number of hydrogen-bond donors (Lipinski definition) is 0. The quantitative estimate of drug-likeness (QED) is 0.0195. The highest BCUT2D eigenvalue weighted by molar-refractivity contribution is 5.70. The molecule has 0 aliphatic rings. The van der Waals surface area contributed by atoms with E-state index in [2.05, 4.69) is 135 Å². The number of hydrogen-bond acceptors (Lipinski definition) is 8. The van der Waals surface area contributed by atoms with Crippen molar-refractivity contribution >= 4 is 17.9 Å². The Hall–Kier alpha value is -4.31. The molecule has 9 heteroatoms. The van der Waals surface area contributed by atoms with E-state index in [1.54, 1.807) is 0 Å². The summed E-state index contributed by atoms with van der Waals surface area (Å²) in [5.74, 6) is -2.33. The first kappa shape index (κ1) is 64.7. The highest BCUT2D eigenvalue weighted by Crippen LogP contribution is 2.13. The third-order valence-corrected chi connectivity index (χ3v) is 10.7. The summed E-state index contributed by atoms with van der Waals surface area (Å²) >= 11 is 0. The molecule has 0 aromatic heterocycles. The van der Waals surface area contributed by atoms with Gasteiger partial charge in [0.15, 0.2) is 12.4 Å². The van der Waals surface area contributed by atoms with Crippen LogP contribution >= 0.6 is 0 Å². The first-order chi connectivity index (χ1) is 33.6. The maximum atomic E-state index is 12.8. The number of carbonyl (C=O) groups excluding carboxylic acids is 3. The van der Waals surface area contributed by atoms with Gasteiger partial charge in [-0.25, -0.2) is 0 Å². The van der Waals surface area contributed by atoms with Crippen molar-refractivity contribution in [3.8, 4) is 0 Å². The van der Waals surface area contributed by atoms with Crippen LogP contribution < -0.4 is 5.11 Å². The molecule has 0 aliphatic carbocycles. The van der Waals surface area contributed by atoms with Gasteiger partial charge in [-0.2, -0.15) is 0 Å². The molecule has 0 spiro atoms. The standard InChI is InChI=1S/C60H97NO8/c1-6-8-10-12-14-15-16-17-18-19-20-21-22-23-24-25-26-27-28-29-30-31-32-33-34-35-36-37-38-39-40-41-42-43-45-47-49-51-58(63)69-56(54-67-57(62)50-48-46-44-13-11-9-7-2)55-68-60(59(64)65)66-53-52-61(3,4)5/h8,10,14-15,17-18,20-21,23-24,26-27,29-30,32-33,35-36,38-39,56,60H,6-7,9,11-13,16,19,22,25,28,31,34,37,40-55H2,1-5H3/b10-8-,15-14-,18-17-,21-20-,24-23-,27-26-,30-29-,33-32-,36-35-,39-38-. The molecule has 0 bridgehead atoms. The molecule has 0 saturated carbocycles. The number of esters is 2. The van der Waals surface area contributed by atoms with E-state index in [0.717, 1.165) is 128 Å². The minimum absolute atomic E-state index is 0.139. The van der Waals surface area contributed by atoms with E-state index in [0.29, 0.717) is 17.4 Å². The van der Waals surface area contributed by atoms with E-state index in [9.17, 15) is 19.5 Å². The first-order valence-electron chi connectivity index (χ1n) is 26.7. The molecule has 0 rings (SSSR count). The number of allylic oxidation sites excluding steroid dienone is 20. The second kappa shape index (κ2) is 50.1. The summed E-state index contributed by atoms with van der Waals surface area (Å²) in [5, 5.41) is 11.7. The van der Waals surface area contributed by atoms with Gasteiger partial charge in [0.25, 0.3) is 0 Å². The van der Waals surface area contributed by atoms with Gasteiger partial charge in [-0.05, 0) is 89.9 Å². The number of nitrogens with zero attached hydrogens (tertiary/aromatic N) is 1. The molecule has 390 valence electrons. The Bertz CT molecular complexity index is 1540. The molecule has 0 radical (unpaired) electrons. The van der Waals surface area contributed by atoms with Crippen molar-refractivity contribution in [1.82, 2.24) is 0 Å². The van der Waals surface area contributed by atoms with E-state index in [-0.39, 0.29) is 38.6 Å². The van der Waals surface area contributed by atoms with Crippen LogP contribution in [-0.2, 0) is 33.3 Å². The zero-order valence-electron chi connectivity index (χ0n) is 44.1. The zero-order valence-corrected chi connectivity index (χ0v) is 44.1. The van der Waals surface area contributed by atoms with Crippen molar-refractivity contribution in [3.63, 3.8) is 0 Å². The molecule has 0 N–H and O–H groups in total. The fourth-order valence-electron chi connectivity index (χ4n) is 6.62. The van der Waals surface area contributed by atoms with Crippen LogP contribution in [0.5, 0.6) is 0 Å². The molecular formula is C60H97NO8. The average molecular weight is 960 g/mol. The second-order valence-electron chi connectivity index (χ2n) is 18.4. The maximum absolute atomic E-state index is 12.8. The van der Waals surface area contributed by atoms with Crippen LogP contribution in [0.4, 0.5) is 0 Å². The van der Waals surface area contributed by atoms with E-state index < -0.39 is 24.3 Å². The number of carboxylic acids is 1. The van der Waals surface area contributed by atoms with Crippen molar-refractivity contribution in [2.45, 2.75) is 193 Å². The predicted molar refractivity (Wildman–Crippen MR) is 287 cm³/mol. The molecule has 0 aromatic carbocycles. The van der Waals surface area contributed by atoms with Crippen LogP contribution in [0.3, 0.4) is 0 Å². The molecule has 2 unspecified atom stereocenters. The third kappa shape index (κ3) is 51.4. The Morgan fingerprint density at radius 1 is 0.449 bits per heavy atom. The van der Waals surface area contributed by atoms with E-state index in [1.165, 1.54) is 19.3 Å². The SMILES string of the molecule is CC/C=C\C/C=C\C/C=C\C/C=C\C/C=C\C/C=C\C/C=C\C/C=C\C/C=C\C/C=C\CCCCCCCCC(=O)OC(COC(=O)CCCCCCCCC)COC(OCC[N+](C)(C)C)C(=O)[O-]. The highest BCUT2D eigenvalue weighted by atomic mass is 16.7. The monoisotopic (exact) mass is 960 g/mol. The van der Waals surface area contributed by atoms with Crippen LogP contribution in [0.15, 0.2) is 122 Å². The van der Waals surface area contributed by atoms with Gasteiger partial charge in [0.05, 0.1) is 40.3 Å². The van der Waals surface area contributed by atoms with Gasteiger partial charge in [0, 0.05) is 12.8 Å². The Labute approximate surface area is 421 Å². The number of ether oxygens (including phenoxy) is 4. The zero-order chi connectivity index (χ0) is 50.6. The summed E-state index contributed by atoms with van der Waals surface area (Å²) in [5.41, 5.74) is 0. The van der Waals surface area contributed by atoms with Crippen LogP contribution in [0.1, 0.15) is 181 Å². The number of likely N-dealkylation sites (N-methyl/N-ethyl adjacent to an activating group) is 1. The minimum atomic E-state index is -1.63. The number of aliphatic carboxylic acids is 1. The molecule has 0 heterocycles. The van der Waals surface area contributed by atoms with Crippen LogP contribution in [0, 0.1) is 0 Å². The predicted octanol–water partition coefficient (Wildman–Crippen LogP) is 14.0. The van der Waals surface area contributed by atoms with Gasteiger partial charge in [0.1, 0.15) is 13.2 Å². The van der Waals surface area contributed by atoms with E-state index in [1.807, 2.05) is 21.1 Å². The minimum Gasteiger partial charge on any atom is -0.545 e. The number of carboxylic acid groups (broad SMARTS) is 1. The van der Waals surface area contributed by atoms with E-state index >= 15 is 0 Å². The van der Waals surface area contributed by atoms with Crippen molar-refractivity contribution < 1.29 is 42.9 Å². The summed E-state index contributed by atoms with van der Waals surface area (Å²) in [6.45, 7) is 4.53. The highest BCUT2D eigenvalue weighted by Gasteiger charge is 2.21. The lowest BCUT2D eigenvalue weighted by Gasteiger charge is -2.26. The molecular weight excluding hydrogens is 863 g/mol. The van der Waals surface area contributed by atoms with Crippen molar-refractivity contribution in [2.75, 3.05) is 47.5 Å². The normalized spacial score (nSPS) is 13.8. The molecule has 0 fully saturated rings. The first-order valence-corrected chi connectivity index (χ1v) is 26.7. The second-order valence-corrected chi connectivity index (χ2v) is 18.4. The summed E-state index contributed by atoms with van der Waals surface area (Å²) in [6, 6.07) is 0. The summed E-state index contributed by atoms with van der Waals surface area (Å²) in [6.07, 6.45) is 67.1. The number of quaternary nitrogens is 1. The molecule has 0 aromatic rings. The Morgan fingerprint density at radius 3 is 1.23 bits per heavy atom. The molecule has 0 saturated heterocycles. The van der Waals surface area contributed by atoms with Crippen molar-refractivity contribution in [2.24, 2.45) is 0 Å². The Kier molecular flexibility index (Phi) is 47.0. The van der Waals surface area contributed by atoms with Gasteiger partial charge in [-0.3, -0.25) is 9.59 Å². The molecule has 69 heavy (non-hydrogen) atoms. The molecule has 0 aliphatic heterocycles. The smallest absolute Gasteiger partial charge is 0.306 e. The molecule has 2 atom stereocenters. The summed E-state index contributed by atoms with van der Waals surface area (Å²) in [7, 11) is 5.89. The van der Waals surface area contributed by atoms with Gasteiger partial charge < -0.3 is 33.3 Å². The Balaban J connectivity index is 4.16. The number of carbonyl (C=O) groups is 3. The van der Waals surface area contributed by atoms with E-state index in [4.69, 9.17) is 18.9 Å². The topological polar surface area (TPSA) is 111 Å². The lowest BCUT2D eigenvalue weighted by atomic mass is 10.1. The summed E-state index contributed by atoms with van der Waals surface area (Å²) < 4.78 is 22.5. The van der Waals surface area contributed by atoms with Crippen LogP contribution in [-0.4, -0.2) is 82.3 Å². The van der Waals surface area contributed by atoms with Crippen LogP contribution in [0.25, 0.3) is 0 Å². The third-order valence-electron chi connectivity index (χ3n) is 10.7. The number of unbranched alkanes of at least 4 members (excludes halogenated alkanes) is 12. The van der Waals surface area contributed by atoms with Crippen molar-refractivity contribution in [1.29, 1.82) is 0 Å².